The van der Waals surface area contributed by atoms with Gasteiger partial charge in [0.25, 0.3) is 11.8 Å². The molecule has 0 fully saturated rings. The van der Waals surface area contributed by atoms with Crippen LogP contribution in [-0.4, -0.2) is 27.9 Å². The predicted molar refractivity (Wildman–Crippen MR) is 111 cm³/mol. The van der Waals surface area contributed by atoms with Crippen molar-refractivity contribution in [3.05, 3.63) is 46.5 Å². The van der Waals surface area contributed by atoms with Crippen LogP contribution in [0.5, 0.6) is 0 Å². The number of fused-ring (bicyclic) bond motifs is 1. The van der Waals surface area contributed by atoms with Gasteiger partial charge >= 0.3 is 0 Å². The van der Waals surface area contributed by atoms with Crippen molar-refractivity contribution in [2.24, 2.45) is 5.92 Å². The van der Waals surface area contributed by atoms with E-state index in [1.807, 2.05) is 29.7 Å². The lowest BCUT2D eigenvalue weighted by Gasteiger charge is -2.18. The van der Waals surface area contributed by atoms with E-state index in [0.29, 0.717) is 24.0 Å². The molecule has 0 atom stereocenters. The van der Waals surface area contributed by atoms with Crippen molar-refractivity contribution >= 4 is 17.5 Å². The molecule has 0 bridgehead atoms. The SMILES string of the molecule is CCc1cccc(C)c1NC(=O)c1nc(C(=O)NCC(C)C)c2n1CCCC2. The smallest absolute Gasteiger partial charge is 0.291 e. The average molecular weight is 383 g/mol. The van der Waals surface area contributed by atoms with Crippen LogP contribution in [0.3, 0.4) is 0 Å². The third-order valence-electron chi connectivity index (χ3n) is 5.19. The lowest BCUT2D eigenvalue weighted by Crippen LogP contribution is -2.29. The number of nitrogens with zero attached hydrogens (tertiary/aromatic N) is 2. The number of nitrogens with one attached hydrogen (secondary N) is 2. The second-order valence-electron chi connectivity index (χ2n) is 7.86. The van der Waals surface area contributed by atoms with E-state index in [1.165, 1.54) is 0 Å². The minimum Gasteiger partial charge on any atom is -0.350 e. The van der Waals surface area contributed by atoms with Gasteiger partial charge in [-0.25, -0.2) is 4.98 Å². The number of hydrogen-bond donors (Lipinski definition) is 2. The van der Waals surface area contributed by atoms with E-state index in [2.05, 4.69) is 36.4 Å². The maximum Gasteiger partial charge on any atom is 0.291 e. The first kappa shape index (κ1) is 20.1. The normalized spacial score (nSPS) is 13.3. The second-order valence-corrected chi connectivity index (χ2v) is 7.86. The molecule has 2 N–H and O–H groups in total. The third kappa shape index (κ3) is 4.11. The fourth-order valence-corrected chi connectivity index (χ4v) is 3.65. The summed E-state index contributed by atoms with van der Waals surface area (Å²) >= 11 is 0. The first-order chi connectivity index (χ1) is 13.4. The Balaban J connectivity index is 1.92. The van der Waals surface area contributed by atoms with Gasteiger partial charge in [0.15, 0.2) is 5.82 Å². The molecule has 6 nitrogen and oxygen atoms in total. The maximum absolute atomic E-state index is 13.1. The zero-order chi connectivity index (χ0) is 20.3. The predicted octanol–water partition coefficient (Wildman–Crippen LogP) is 3.73. The Kier molecular flexibility index (Phi) is 6.17. The molecule has 0 radical (unpaired) electrons. The maximum atomic E-state index is 13.1. The second kappa shape index (κ2) is 8.59. The zero-order valence-corrected chi connectivity index (χ0v) is 17.3. The molecule has 0 spiro atoms. The number of aryl methyl sites for hydroxylation is 2. The van der Waals surface area contributed by atoms with Crippen molar-refractivity contribution in [1.29, 1.82) is 0 Å². The largest absolute Gasteiger partial charge is 0.350 e. The number of benzene rings is 1. The summed E-state index contributed by atoms with van der Waals surface area (Å²) in [4.78, 5) is 30.2. The highest BCUT2D eigenvalue weighted by atomic mass is 16.2. The molecule has 3 rings (SSSR count). The average Bonchev–Trinajstić information content (AvgIpc) is 3.07. The van der Waals surface area contributed by atoms with E-state index in [-0.39, 0.29) is 11.8 Å². The highest BCUT2D eigenvalue weighted by molar-refractivity contribution is 6.04. The van der Waals surface area contributed by atoms with Crippen LogP contribution in [-0.2, 0) is 19.4 Å². The molecule has 0 saturated heterocycles. The van der Waals surface area contributed by atoms with Gasteiger partial charge in [-0.15, -0.1) is 0 Å². The highest BCUT2D eigenvalue weighted by Gasteiger charge is 2.28. The van der Waals surface area contributed by atoms with Gasteiger partial charge in [-0.1, -0.05) is 39.0 Å². The molecule has 2 aromatic rings. The van der Waals surface area contributed by atoms with Crippen LogP contribution in [0.25, 0.3) is 0 Å². The van der Waals surface area contributed by atoms with Crippen molar-refractivity contribution in [3.8, 4) is 0 Å². The molecule has 0 saturated carbocycles. The van der Waals surface area contributed by atoms with Gasteiger partial charge in [0, 0.05) is 18.8 Å². The molecule has 1 aromatic heterocycles. The van der Waals surface area contributed by atoms with Gasteiger partial charge in [0.1, 0.15) is 5.69 Å². The zero-order valence-electron chi connectivity index (χ0n) is 17.3. The van der Waals surface area contributed by atoms with Crippen molar-refractivity contribution in [2.75, 3.05) is 11.9 Å². The molecule has 1 aliphatic heterocycles. The van der Waals surface area contributed by atoms with Gasteiger partial charge in [-0.2, -0.15) is 0 Å². The number of rotatable bonds is 6. The van der Waals surface area contributed by atoms with Crippen LogP contribution in [0.15, 0.2) is 18.2 Å². The van der Waals surface area contributed by atoms with E-state index in [1.54, 1.807) is 0 Å². The molecule has 1 aromatic carbocycles. The van der Waals surface area contributed by atoms with E-state index in [9.17, 15) is 9.59 Å². The summed E-state index contributed by atoms with van der Waals surface area (Å²) in [5, 5.41) is 5.98. The molecule has 0 unspecified atom stereocenters. The monoisotopic (exact) mass is 382 g/mol. The molecule has 1 aliphatic rings. The topological polar surface area (TPSA) is 76.0 Å². The van der Waals surface area contributed by atoms with Gasteiger partial charge in [-0.3, -0.25) is 9.59 Å². The summed E-state index contributed by atoms with van der Waals surface area (Å²) in [5.74, 6) is 0.243. The summed E-state index contributed by atoms with van der Waals surface area (Å²) in [6.07, 6.45) is 3.60. The Morgan fingerprint density at radius 1 is 1.21 bits per heavy atom. The third-order valence-corrected chi connectivity index (χ3v) is 5.19. The van der Waals surface area contributed by atoms with Crippen LogP contribution < -0.4 is 10.6 Å². The summed E-state index contributed by atoms with van der Waals surface area (Å²) in [5.41, 5.74) is 4.22. The van der Waals surface area contributed by atoms with Crippen molar-refractivity contribution < 1.29 is 9.59 Å². The van der Waals surface area contributed by atoms with E-state index >= 15 is 0 Å². The summed E-state index contributed by atoms with van der Waals surface area (Å²) < 4.78 is 1.92. The highest BCUT2D eigenvalue weighted by Crippen LogP contribution is 2.25. The Labute approximate surface area is 166 Å². The number of para-hydroxylation sites is 1. The van der Waals surface area contributed by atoms with E-state index in [0.717, 1.165) is 54.7 Å². The van der Waals surface area contributed by atoms with Gasteiger partial charge in [0.05, 0.1) is 5.69 Å². The number of imidazole rings is 1. The fraction of sp³-hybridized carbons (Fsp3) is 0.500. The number of aromatic nitrogens is 2. The van der Waals surface area contributed by atoms with Crippen LogP contribution in [0.4, 0.5) is 5.69 Å². The molecular formula is C22H30N4O2. The first-order valence-corrected chi connectivity index (χ1v) is 10.2. The standard InChI is InChI=1S/C22H30N4O2/c1-5-16-10-8-9-15(4)18(16)25-22(28)20-24-19(21(27)23-13-14(2)3)17-11-6-7-12-26(17)20/h8-10,14H,5-7,11-13H2,1-4H3,(H,23,27)(H,25,28). The molecular weight excluding hydrogens is 352 g/mol. The Morgan fingerprint density at radius 2 is 2.00 bits per heavy atom. The van der Waals surface area contributed by atoms with Crippen molar-refractivity contribution in [1.82, 2.24) is 14.9 Å². The minimum atomic E-state index is -0.255. The van der Waals surface area contributed by atoms with Gasteiger partial charge in [-0.05, 0) is 49.7 Å². The Bertz CT molecular complexity index is 883. The van der Waals surface area contributed by atoms with Crippen molar-refractivity contribution in [2.45, 2.75) is 59.9 Å². The van der Waals surface area contributed by atoms with Crippen molar-refractivity contribution in [3.63, 3.8) is 0 Å². The van der Waals surface area contributed by atoms with Crippen LogP contribution in [0.1, 0.15) is 71.5 Å². The molecule has 0 aliphatic carbocycles. The van der Waals surface area contributed by atoms with Crippen LogP contribution >= 0.6 is 0 Å². The molecule has 150 valence electrons. The Morgan fingerprint density at radius 3 is 2.71 bits per heavy atom. The molecule has 2 amide bonds. The number of amides is 2. The minimum absolute atomic E-state index is 0.191. The fourth-order valence-electron chi connectivity index (χ4n) is 3.65. The van der Waals surface area contributed by atoms with Crippen LogP contribution in [0.2, 0.25) is 0 Å². The Hall–Kier alpha value is -2.63. The lowest BCUT2D eigenvalue weighted by atomic mass is 10.1. The molecule has 6 heteroatoms. The van der Waals surface area contributed by atoms with Gasteiger partial charge in [0.2, 0.25) is 0 Å². The number of hydrogen-bond acceptors (Lipinski definition) is 3. The quantitative estimate of drug-likeness (QED) is 0.799. The number of anilines is 1. The molecule has 28 heavy (non-hydrogen) atoms. The van der Waals surface area contributed by atoms with Crippen LogP contribution in [0, 0.1) is 12.8 Å². The van der Waals surface area contributed by atoms with E-state index in [4.69, 9.17) is 0 Å². The number of carbonyl (C=O) groups is 2. The summed E-state index contributed by atoms with van der Waals surface area (Å²) in [6.45, 7) is 9.47. The lowest BCUT2D eigenvalue weighted by molar-refractivity contribution is 0.0943. The first-order valence-electron chi connectivity index (χ1n) is 10.2. The summed E-state index contributed by atoms with van der Waals surface area (Å²) in [6, 6.07) is 6.01. The van der Waals surface area contributed by atoms with Gasteiger partial charge < -0.3 is 15.2 Å². The van der Waals surface area contributed by atoms with E-state index < -0.39 is 0 Å². The molecule has 2 heterocycles. The summed E-state index contributed by atoms with van der Waals surface area (Å²) in [7, 11) is 0. The number of carbonyl (C=O) groups excluding carboxylic acids is 2.